The predicted octanol–water partition coefficient (Wildman–Crippen LogP) is 4.07. The summed E-state index contributed by atoms with van der Waals surface area (Å²) in [5.74, 6) is -0.716. The predicted molar refractivity (Wildman–Crippen MR) is 92.8 cm³/mol. The van der Waals surface area contributed by atoms with Crippen LogP contribution in [0.25, 0.3) is 0 Å². The van der Waals surface area contributed by atoms with Gasteiger partial charge in [-0.1, -0.05) is 6.92 Å². The lowest BCUT2D eigenvalue weighted by molar-refractivity contribution is -0.137. The topological polar surface area (TPSA) is 78.9 Å². The number of ether oxygens (including phenoxy) is 1. The lowest BCUT2D eigenvalue weighted by Gasteiger charge is -2.41. The SMILES string of the molecule is CCC1(CNc2cc(C(=O)OC)ccc2C(F)(F)F)CCN(C(=O)O)CC1. The first-order valence-corrected chi connectivity index (χ1v) is 8.63. The number of carboxylic acid groups (broad SMARTS) is 1. The zero-order valence-electron chi connectivity index (χ0n) is 15.2. The number of esters is 1. The van der Waals surface area contributed by atoms with Crippen LogP contribution in [0.2, 0.25) is 0 Å². The Morgan fingerprint density at radius 3 is 2.41 bits per heavy atom. The van der Waals surface area contributed by atoms with Crippen molar-refractivity contribution in [2.45, 2.75) is 32.4 Å². The zero-order valence-corrected chi connectivity index (χ0v) is 15.2. The Labute approximate surface area is 155 Å². The quantitative estimate of drug-likeness (QED) is 0.744. The Morgan fingerprint density at radius 2 is 1.93 bits per heavy atom. The first-order chi connectivity index (χ1) is 12.6. The van der Waals surface area contributed by atoms with Gasteiger partial charge in [0.25, 0.3) is 0 Å². The van der Waals surface area contributed by atoms with Crippen LogP contribution in [0.15, 0.2) is 18.2 Å². The fourth-order valence-corrected chi connectivity index (χ4v) is 3.29. The van der Waals surface area contributed by atoms with Gasteiger partial charge in [0, 0.05) is 25.3 Å². The minimum atomic E-state index is -4.57. The number of rotatable bonds is 5. The Bertz CT molecular complexity index is 698. The number of amides is 1. The number of hydrogen-bond donors (Lipinski definition) is 2. The molecule has 2 rings (SSSR count). The van der Waals surface area contributed by atoms with Crippen LogP contribution in [-0.4, -0.2) is 48.8 Å². The molecule has 9 heteroatoms. The van der Waals surface area contributed by atoms with Crippen LogP contribution in [0.3, 0.4) is 0 Å². The highest BCUT2D eigenvalue weighted by Gasteiger charge is 2.37. The molecular weight excluding hydrogens is 365 g/mol. The maximum atomic E-state index is 13.3. The molecule has 0 aliphatic carbocycles. The molecule has 0 atom stereocenters. The van der Waals surface area contributed by atoms with Gasteiger partial charge in [0.05, 0.1) is 18.2 Å². The van der Waals surface area contributed by atoms with Gasteiger partial charge >= 0.3 is 18.2 Å². The molecule has 1 fully saturated rings. The number of hydrogen-bond acceptors (Lipinski definition) is 4. The average Bonchev–Trinajstić information content (AvgIpc) is 2.65. The Hall–Kier alpha value is -2.45. The molecule has 1 aliphatic heterocycles. The molecule has 27 heavy (non-hydrogen) atoms. The number of nitrogens with zero attached hydrogens (tertiary/aromatic N) is 1. The Kier molecular flexibility index (Phi) is 6.22. The smallest absolute Gasteiger partial charge is 0.418 e. The van der Waals surface area contributed by atoms with Gasteiger partial charge in [0.1, 0.15) is 0 Å². The van der Waals surface area contributed by atoms with Crippen LogP contribution in [0.1, 0.15) is 42.1 Å². The molecule has 0 saturated carbocycles. The van der Waals surface area contributed by atoms with E-state index in [2.05, 4.69) is 10.1 Å². The first-order valence-electron chi connectivity index (χ1n) is 8.63. The summed E-state index contributed by atoms with van der Waals surface area (Å²) in [5, 5.41) is 11.9. The number of carbonyl (C=O) groups is 2. The summed E-state index contributed by atoms with van der Waals surface area (Å²) >= 11 is 0. The van der Waals surface area contributed by atoms with E-state index in [1.54, 1.807) is 0 Å². The minimum Gasteiger partial charge on any atom is -0.465 e. The molecule has 1 amide bonds. The van der Waals surface area contributed by atoms with Crippen LogP contribution in [-0.2, 0) is 10.9 Å². The maximum absolute atomic E-state index is 13.3. The van der Waals surface area contributed by atoms with E-state index in [-0.39, 0.29) is 23.2 Å². The second-order valence-electron chi connectivity index (χ2n) is 6.73. The van der Waals surface area contributed by atoms with Crippen molar-refractivity contribution in [2.24, 2.45) is 5.41 Å². The molecule has 0 spiro atoms. The first kappa shape index (κ1) is 20.9. The van der Waals surface area contributed by atoms with Gasteiger partial charge in [-0.05, 0) is 42.9 Å². The summed E-state index contributed by atoms with van der Waals surface area (Å²) in [6, 6.07) is 3.09. The van der Waals surface area contributed by atoms with Crippen molar-refractivity contribution in [1.82, 2.24) is 4.90 Å². The normalized spacial score (nSPS) is 16.7. The number of benzene rings is 1. The van der Waals surface area contributed by atoms with Crippen LogP contribution >= 0.6 is 0 Å². The van der Waals surface area contributed by atoms with Crippen molar-refractivity contribution < 1.29 is 32.6 Å². The largest absolute Gasteiger partial charge is 0.465 e. The van der Waals surface area contributed by atoms with Crippen molar-refractivity contribution in [3.8, 4) is 0 Å². The van der Waals surface area contributed by atoms with E-state index < -0.39 is 23.8 Å². The van der Waals surface area contributed by atoms with Gasteiger partial charge in [0.2, 0.25) is 0 Å². The Balaban J connectivity index is 2.22. The van der Waals surface area contributed by atoms with Gasteiger partial charge in [-0.15, -0.1) is 0 Å². The standard InChI is InChI=1S/C18H23F3N2O4/c1-3-17(6-8-23(9-7-17)16(25)26)11-22-14-10-12(15(24)27-2)4-5-13(14)18(19,20)21/h4-5,10,22H,3,6-9,11H2,1-2H3,(H,25,26). The molecule has 1 saturated heterocycles. The number of anilines is 1. The highest BCUT2D eigenvalue weighted by Crippen LogP contribution is 2.38. The molecule has 1 aromatic carbocycles. The second kappa shape index (κ2) is 8.06. The average molecular weight is 388 g/mol. The number of methoxy groups -OCH3 is 1. The highest BCUT2D eigenvalue weighted by atomic mass is 19.4. The number of piperidine rings is 1. The third-order valence-electron chi connectivity index (χ3n) is 5.24. The molecule has 0 bridgehead atoms. The summed E-state index contributed by atoms with van der Waals surface area (Å²) in [6.07, 6.45) is -3.74. The lowest BCUT2D eigenvalue weighted by Crippen LogP contribution is -2.45. The van der Waals surface area contributed by atoms with Crippen molar-refractivity contribution in [3.05, 3.63) is 29.3 Å². The van der Waals surface area contributed by atoms with Gasteiger partial charge in [0.15, 0.2) is 0 Å². The van der Waals surface area contributed by atoms with Crippen LogP contribution in [0.4, 0.5) is 23.7 Å². The van der Waals surface area contributed by atoms with Gasteiger partial charge < -0.3 is 20.1 Å². The van der Waals surface area contributed by atoms with E-state index in [4.69, 9.17) is 5.11 Å². The number of likely N-dealkylation sites (tertiary alicyclic amines) is 1. The molecule has 0 unspecified atom stereocenters. The third-order valence-corrected chi connectivity index (χ3v) is 5.24. The van der Waals surface area contributed by atoms with Gasteiger partial charge in [-0.25, -0.2) is 9.59 Å². The van der Waals surface area contributed by atoms with E-state index in [9.17, 15) is 22.8 Å². The van der Waals surface area contributed by atoms with Crippen molar-refractivity contribution in [1.29, 1.82) is 0 Å². The summed E-state index contributed by atoms with van der Waals surface area (Å²) in [6.45, 7) is 2.89. The van der Waals surface area contributed by atoms with Crippen LogP contribution in [0, 0.1) is 5.41 Å². The van der Waals surface area contributed by atoms with Crippen molar-refractivity contribution in [2.75, 3.05) is 32.1 Å². The fraction of sp³-hybridized carbons (Fsp3) is 0.556. The molecule has 0 aromatic heterocycles. The third kappa shape index (κ3) is 4.84. The molecular formula is C18H23F3N2O4. The fourth-order valence-electron chi connectivity index (χ4n) is 3.29. The molecule has 1 heterocycles. The number of halogens is 3. The van der Waals surface area contributed by atoms with E-state index in [1.165, 1.54) is 4.90 Å². The summed E-state index contributed by atoms with van der Waals surface area (Å²) in [7, 11) is 1.16. The van der Waals surface area contributed by atoms with E-state index >= 15 is 0 Å². The van der Waals surface area contributed by atoms with Gasteiger partial charge in [-0.3, -0.25) is 0 Å². The van der Waals surface area contributed by atoms with E-state index in [0.29, 0.717) is 32.4 Å². The van der Waals surface area contributed by atoms with Crippen molar-refractivity contribution in [3.63, 3.8) is 0 Å². The minimum absolute atomic E-state index is 0.0271. The maximum Gasteiger partial charge on any atom is 0.418 e. The van der Waals surface area contributed by atoms with E-state index in [1.807, 2.05) is 6.92 Å². The molecule has 6 nitrogen and oxygen atoms in total. The molecule has 1 aliphatic rings. The van der Waals surface area contributed by atoms with Crippen LogP contribution < -0.4 is 5.32 Å². The monoisotopic (exact) mass is 388 g/mol. The summed E-state index contributed by atoms with van der Waals surface area (Å²) in [4.78, 5) is 24.0. The Morgan fingerprint density at radius 1 is 1.30 bits per heavy atom. The number of alkyl halides is 3. The summed E-state index contributed by atoms with van der Waals surface area (Å²) in [5.41, 5.74) is -1.32. The lowest BCUT2D eigenvalue weighted by atomic mass is 9.76. The molecule has 150 valence electrons. The summed E-state index contributed by atoms with van der Waals surface area (Å²) < 4.78 is 44.5. The molecule has 2 N–H and O–H groups in total. The van der Waals surface area contributed by atoms with Gasteiger partial charge in [-0.2, -0.15) is 13.2 Å². The van der Waals surface area contributed by atoms with E-state index in [0.717, 1.165) is 25.3 Å². The van der Waals surface area contributed by atoms with Crippen LogP contribution in [0.5, 0.6) is 0 Å². The zero-order chi connectivity index (χ0) is 20.2. The molecule has 0 radical (unpaired) electrons. The molecule has 1 aromatic rings. The second-order valence-corrected chi connectivity index (χ2v) is 6.73. The number of nitrogens with one attached hydrogen (secondary N) is 1. The highest BCUT2D eigenvalue weighted by molar-refractivity contribution is 5.90. The number of carbonyl (C=O) groups excluding carboxylic acids is 1. The van der Waals surface area contributed by atoms with Crippen molar-refractivity contribution >= 4 is 17.7 Å².